The second-order valence-corrected chi connectivity index (χ2v) is 6.17. The minimum atomic E-state index is -0.868. The number of hydrogen-bond acceptors (Lipinski definition) is 4. The van der Waals surface area contributed by atoms with Gasteiger partial charge in [-0.15, -0.1) is 0 Å². The lowest BCUT2D eigenvalue weighted by Gasteiger charge is -2.26. The second kappa shape index (κ2) is 6.97. The van der Waals surface area contributed by atoms with Gasteiger partial charge in [-0.25, -0.2) is 4.79 Å². The molecule has 1 amide bonds. The third-order valence-electron chi connectivity index (χ3n) is 4.38. The molecule has 2 aromatic rings. The highest BCUT2D eigenvalue weighted by molar-refractivity contribution is 6.01. The van der Waals surface area contributed by atoms with Gasteiger partial charge in [-0.3, -0.25) is 4.79 Å². The summed E-state index contributed by atoms with van der Waals surface area (Å²) in [6.45, 7) is 3.60. The van der Waals surface area contributed by atoms with Gasteiger partial charge in [-0.05, 0) is 50.1 Å². The third kappa shape index (κ3) is 3.36. The van der Waals surface area contributed by atoms with Gasteiger partial charge in [0.05, 0.1) is 12.7 Å². The van der Waals surface area contributed by atoms with Crippen LogP contribution in [0.4, 0.5) is 5.69 Å². The first-order valence-corrected chi connectivity index (χ1v) is 8.27. The molecule has 0 radical (unpaired) electrons. The molecule has 1 aliphatic rings. The predicted molar refractivity (Wildman–Crippen MR) is 95.0 cm³/mol. The van der Waals surface area contributed by atoms with Crippen molar-refractivity contribution in [1.82, 2.24) is 0 Å². The highest BCUT2D eigenvalue weighted by Crippen LogP contribution is 2.32. The number of rotatable bonds is 4. The SMILES string of the molecule is COc1cccc(C(=O)O[C@@H](C)C(=O)N2c3ccccc3C[C@H]2C)c1. The van der Waals surface area contributed by atoms with Gasteiger partial charge in [0.1, 0.15) is 5.75 Å². The highest BCUT2D eigenvalue weighted by Gasteiger charge is 2.34. The van der Waals surface area contributed by atoms with Crippen molar-refractivity contribution in [2.24, 2.45) is 0 Å². The number of para-hydroxylation sites is 1. The van der Waals surface area contributed by atoms with Crippen molar-refractivity contribution in [3.63, 3.8) is 0 Å². The van der Waals surface area contributed by atoms with Crippen LogP contribution in [0.25, 0.3) is 0 Å². The van der Waals surface area contributed by atoms with E-state index in [4.69, 9.17) is 9.47 Å². The van der Waals surface area contributed by atoms with E-state index in [2.05, 4.69) is 0 Å². The van der Waals surface area contributed by atoms with Crippen molar-refractivity contribution >= 4 is 17.6 Å². The normalized spacial score (nSPS) is 16.9. The van der Waals surface area contributed by atoms with Crippen LogP contribution < -0.4 is 9.64 Å². The van der Waals surface area contributed by atoms with Crippen molar-refractivity contribution in [2.45, 2.75) is 32.4 Å². The lowest BCUT2D eigenvalue weighted by Crippen LogP contribution is -2.43. The number of anilines is 1. The van der Waals surface area contributed by atoms with Gasteiger partial charge in [-0.1, -0.05) is 24.3 Å². The molecule has 0 unspecified atom stereocenters. The van der Waals surface area contributed by atoms with Gasteiger partial charge >= 0.3 is 5.97 Å². The molecular formula is C20H21NO4. The number of ether oxygens (including phenoxy) is 2. The molecule has 2 atom stereocenters. The van der Waals surface area contributed by atoms with E-state index >= 15 is 0 Å². The summed E-state index contributed by atoms with van der Waals surface area (Å²) in [6, 6.07) is 14.5. The summed E-state index contributed by atoms with van der Waals surface area (Å²) in [4.78, 5) is 26.9. The Kier molecular flexibility index (Phi) is 4.74. The minimum Gasteiger partial charge on any atom is -0.497 e. The fraction of sp³-hybridized carbons (Fsp3) is 0.300. The molecule has 0 spiro atoms. The maximum absolute atomic E-state index is 12.8. The van der Waals surface area contributed by atoms with Gasteiger partial charge in [0.25, 0.3) is 5.91 Å². The van der Waals surface area contributed by atoms with Crippen LogP contribution in [0.5, 0.6) is 5.75 Å². The van der Waals surface area contributed by atoms with E-state index in [1.807, 2.05) is 31.2 Å². The van der Waals surface area contributed by atoms with E-state index in [0.29, 0.717) is 11.3 Å². The molecule has 1 aliphatic heterocycles. The highest BCUT2D eigenvalue weighted by atomic mass is 16.5. The first-order valence-electron chi connectivity index (χ1n) is 8.27. The quantitative estimate of drug-likeness (QED) is 0.803. The Hall–Kier alpha value is -2.82. The number of fused-ring (bicyclic) bond motifs is 1. The zero-order valence-electron chi connectivity index (χ0n) is 14.6. The Labute approximate surface area is 147 Å². The molecule has 3 rings (SSSR count). The summed E-state index contributed by atoms with van der Waals surface area (Å²) in [6.07, 6.45) is -0.0642. The smallest absolute Gasteiger partial charge is 0.339 e. The molecule has 130 valence electrons. The zero-order chi connectivity index (χ0) is 18.0. The predicted octanol–water partition coefficient (Wildman–Crippen LogP) is 3.22. The Morgan fingerprint density at radius 2 is 1.92 bits per heavy atom. The lowest BCUT2D eigenvalue weighted by molar-refractivity contribution is -0.126. The first-order chi connectivity index (χ1) is 12.0. The molecule has 2 aromatic carbocycles. The fourth-order valence-electron chi connectivity index (χ4n) is 3.13. The van der Waals surface area contributed by atoms with E-state index in [-0.39, 0.29) is 11.9 Å². The van der Waals surface area contributed by atoms with Crippen LogP contribution in [0, 0.1) is 0 Å². The van der Waals surface area contributed by atoms with Crippen LogP contribution in [0.2, 0.25) is 0 Å². The standard InChI is InChI=1S/C20H21NO4/c1-13-11-15-7-4-5-10-18(15)21(13)19(22)14(2)25-20(23)16-8-6-9-17(12-16)24-3/h4-10,12-14H,11H2,1-3H3/t13-,14+/m1/s1. The topological polar surface area (TPSA) is 55.8 Å². The molecule has 0 aliphatic carbocycles. The van der Waals surface area contributed by atoms with Gasteiger partial charge in [0.15, 0.2) is 6.10 Å². The summed E-state index contributed by atoms with van der Waals surface area (Å²) in [5.74, 6) is -0.191. The number of carbonyl (C=O) groups excluding carboxylic acids is 2. The van der Waals surface area contributed by atoms with Crippen LogP contribution in [0.3, 0.4) is 0 Å². The number of nitrogens with zero attached hydrogens (tertiary/aromatic N) is 1. The van der Waals surface area contributed by atoms with Crippen LogP contribution in [-0.2, 0) is 16.0 Å². The summed E-state index contributed by atoms with van der Waals surface area (Å²) < 4.78 is 10.5. The largest absolute Gasteiger partial charge is 0.497 e. The maximum Gasteiger partial charge on any atom is 0.339 e. The van der Waals surface area contributed by atoms with Gasteiger partial charge in [0, 0.05) is 11.7 Å². The molecule has 0 fully saturated rings. The minimum absolute atomic E-state index is 0.0443. The Morgan fingerprint density at radius 3 is 2.68 bits per heavy atom. The van der Waals surface area contributed by atoms with Crippen molar-refractivity contribution in [3.05, 3.63) is 59.7 Å². The first kappa shape index (κ1) is 17.0. The Balaban J connectivity index is 1.73. The lowest BCUT2D eigenvalue weighted by atomic mass is 10.1. The fourth-order valence-corrected chi connectivity index (χ4v) is 3.13. The molecule has 0 aromatic heterocycles. The number of amides is 1. The monoisotopic (exact) mass is 339 g/mol. The molecular weight excluding hydrogens is 318 g/mol. The molecule has 0 bridgehead atoms. The number of benzene rings is 2. The summed E-state index contributed by atoms with van der Waals surface area (Å²) in [5.41, 5.74) is 2.38. The Bertz CT molecular complexity index is 802. The summed E-state index contributed by atoms with van der Waals surface area (Å²) in [7, 11) is 1.53. The van der Waals surface area contributed by atoms with E-state index in [1.165, 1.54) is 7.11 Å². The van der Waals surface area contributed by atoms with Crippen LogP contribution >= 0.6 is 0 Å². The number of methoxy groups -OCH3 is 1. The van der Waals surface area contributed by atoms with E-state index < -0.39 is 12.1 Å². The van der Waals surface area contributed by atoms with Gasteiger partial charge in [-0.2, -0.15) is 0 Å². The van der Waals surface area contributed by atoms with Gasteiger partial charge in [0.2, 0.25) is 0 Å². The number of carbonyl (C=O) groups is 2. The Morgan fingerprint density at radius 1 is 1.16 bits per heavy atom. The maximum atomic E-state index is 12.8. The molecule has 0 N–H and O–H groups in total. The van der Waals surface area contributed by atoms with Crippen molar-refractivity contribution in [1.29, 1.82) is 0 Å². The van der Waals surface area contributed by atoms with Crippen LogP contribution in [0.15, 0.2) is 48.5 Å². The molecule has 0 saturated carbocycles. The van der Waals surface area contributed by atoms with Crippen molar-refractivity contribution in [2.75, 3.05) is 12.0 Å². The van der Waals surface area contributed by atoms with E-state index in [1.54, 1.807) is 36.1 Å². The van der Waals surface area contributed by atoms with E-state index in [0.717, 1.165) is 17.7 Å². The second-order valence-electron chi connectivity index (χ2n) is 6.17. The number of esters is 1. The van der Waals surface area contributed by atoms with Crippen LogP contribution in [-0.4, -0.2) is 31.1 Å². The van der Waals surface area contributed by atoms with Crippen LogP contribution in [0.1, 0.15) is 29.8 Å². The average Bonchev–Trinajstić information content (AvgIpc) is 2.96. The summed E-state index contributed by atoms with van der Waals surface area (Å²) in [5, 5.41) is 0. The third-order valence-corrected chi connectivity index (χ3v) is 4.38. The molecule has 5 heteroatoms. The molecule has 0 saturated heterocycles. The molecule has 1 heterocycles. The van der Waals surface area contributed by atoms with Crippen molar-refractivity contribution < 1.29 is 19.1 Å². The average molecular weight is 339 g/mol. The van der Waals surface area contributed by atoms with Crippen molar-refractivity contribution in [3.8, 4) is 5.75 Å². The molecule has 5 nitrogen and oxygen atoms in total. The summed E-state index contributed by atoms with van der Waals surface area (Å²) >= 11 is 0. The molecule has 25 heavy (non-hydrogen) atoms. The van der Waals surface area contributed by atoms with Gasteiger partial charge < -0.3 is 14.4 Å². The zero-order valence-corrected chi connectivity index (χ0v) is 14.6. The number of hydrogen-bond donors (Lipinski definition) is 0. The van der Waals surface area contributed by atoms with E-state index in [9.17, 15) is 9.59 Å².